The number of halogens is 1. The molecule has 3 nitrogen and oxygen atoms in total. The Hall–Kier alpha value is -1.84. The number of nitrogens with one attached hydrogen (secondary N) is 1. The molecule has 90 valence electrons. The second-order valence-corrected chi connectivity index (χ2v) is 4.03. The summed E-state index contributed by atoms with van der Waals surface area (Å²) in [4.78, 5) is 0. The van der Waals surface area contributed by atoms with E-state index in [9.17, 15) is 4.39 Å². The van der Waals surface area contributed by atoms with Crippen molar-refractivity contribution < 1.29 is 4.39 Å². The molecule has 0 radical (unpaired) electrons. The zero-order valence-corrected chi connectivity index (χ0v) is 10.0. The molecule has 0 spiro atoms. The van der Waals surface area contributed by atoms with Crippen LogP contribution in [-0.2, 0) is 7.05 Å². The first-order valence-corrected chi connectivity index (χ1v) is 5.70. The zero-order valence-electron chi connectivity index (χ0n) is 10.0. The quantitative estimate of drug-likeness (QED) is 0.879. The minimum Gasteiger partial charge on any atom is -0.362 e. The van der Waals surface area contributed by atoms with Crippen molar-refractivity contribution in [3.05, 3.63) is 47.9 Å². The Morgan fingerprint density at radius 1 is 1.29 bits per heavy atom. The maximum Gasteiger partial charge on any atom is 0.148 e. The van der Waals surface area contributed by atoms with Crippen molar-refractivity contribution >= 4 is 5.82 Å². The Morgan fingerprint density at radius 3 is 2.53 bits per heavy atom. The minimum atomic E-state index is -0.207. The SMILES string of the molecule is CCC(Nc1ccn(C)n1)c1ccc(F)cc1. The molecule has 0 fully saturated rings. The summed E-state index contributed by atoms with van der Waals surface area (Å²) >= 11 is 0. The number of aryl methyl sites for hydroxylation is 1. The second-order valence-electron chi connectivity index (χ2n) is 4.03. The van der Waals surface area contributed by atoms with Crippen LogP contribution in [0, 0.1) is 5.82 Å². The van der Waals surface area contributed by atoms with Crippen LogP contribution < -0.4 is 5.32 Å². The van der Waals surface area contributed by atoms with Gasteiger partial charge in [-0.15, -0.1) is 0 Å². The Bertz CT molecular complexity index is 476. The molecule has 4 heteroatoms. The molecule has 0 aliphatic heterocycles. The highest BCUT2D eigenvalue weighted by atomic mass is 19.1. The predicted molar refractivity (Wildman–Crippen MR) is 66.3 cm³/mol. The first-order valence-electron chi connectivity index (χ1n) is 5.70. The molecular formula is C13H16FN3. The number of rotatable bonds is 4. The molecule has 2 rings (SSSR count). The average Bonchev–Trinajstić information content (AvgIpc) is 2.73. The van der Waals surface area contributed by atoms with Crippen molar-refractivity contribution in [3.63, 3.8) is 0 Å². The molecule has 1 heterocycles. The second kappa shape index (κ2) is 4.99. The van der Waals surface area contributed by atoms with Crippen LogP contribution in [0.15, 0.2) is 36.5 Å². The van der Waals surface area contributed by atoms with Crippen LogP contribution in [0.3, 0.4) is 0 Å². The van der Waals surface area contributed by atoms with E-state index < -0.39 is 0 Å². The fourth-order valence-corrected chi connectivity index (χ4v) is 1.79. The Kier molecular flexibility index (Phi) is 3.42. The van der Waals surface area contributed by atoms with Gasteiger partial charge in [0.1, 0.15) is 11.6 Å². The third-order valence-corrected chi connectivity index (χ3v) is 2.72. The van der Waals surface area contributed by atoms with Crippen LogP contribution in [0.4, 0.5) is 10.2 Å². The number of hydrogen-bond donors (Lipinski definition) is 1. The van der Waals surface area contributed by atoms with E-state index in [0.29, 0.717) is 0 Å². The maximum atomic E-state index is 12.8. The summed E-state index contributed by atoms with van der Waals surface area (Å²) in [6.07, 6.45) is 2.81. The van der Waals surface area contributed by atoms with Crippen molar-refractivity contribution in [1.82, 2.24) is 9.78 Å². The normalized spacial score (nSPS) is 12.4. The largest absolute Gasteiger partial charge is 0.362 e. The molecule has 17 heavy (non-hydrogen) atoms. The van der Waals surface area contributed by atoms with E-state index in [1.165, 1.54) is 12.1 Å². The molecule has 1 atom stereocenters. The van der Waals surface area contributed by atoms with Gasteiger partial charge in [-0.05, 0) is 24.1 Å². The van der Waals surface area contributed by atoms with E-state index in [4.69, 9.17) is 0 Å². The summed E-state index contributed by atoms with van der Waals surface area (Å²) in [5.41, 5.74) is 1.07. The molecular weight excluding hydrogens is 217 g/mol. The lowest BCUT2D eigenvalue weighted by Crippen LogP contribution is -2.10. The number of aromatic nitrogens is 2. The van der Waals surface area contributed by atoms with E-state index in [-0.39, 0.29) is 11.9 Å². The molecule has 1 N–H and O–H groups in total. The van der Waals surface area contributed by atoms with Gasteiger partial charge in [0.25, 0.3) is 0 Å². The van der Waals surface area contributed by atoms with Crippen LogP contribution in [0.5, 0.6) is 0 Å². The fourth-order valence-electron chi connectivity index (χ4n) is 1.79. The Morgan fingerprint density at radius 2 is 2.00 bits per heavy atom. The molecule has 0 aliphatic carbocycles. The maximum absolute atomic E-state index is 12.8. The van der Waals surface area contributed by atoms with E-state index >= 15 is 0 Å². The first-order chi connectivity index (χ1) is 8.19. The lowest BCUT2D eigenvalue weighted by Gasteiger charge is -2.16. The van der Waals surface area contributed by atoms with Gasteiger partial charge in [0.05, 0.1) is 6.04 Å². The molecule has 1 aromatic carbocycles. The summed E-state index contributed by atoms with van der Waals surface area (Å²) in [6, 6.07) is 8.66. The lowest BCUT2D eigenvalue weighted by molar-refractivity contribution is 0.625. The molecule has 0 saturated carbocycles. The lowest BCUT2D eigenvalue weighted by atomic mass is 10.0. The van der Waals surface area contributed by atoms with E-state index in [0.717, 1.165) is 17.8 Å². The van der Waals surface area contributed by atoms with Gasteiger partial charge in [-0.25, -0.2) is 4.39 Å². The van der Waals surface area contributed by atoms with Crippen molar-refractivity contribution in [2.24, 2.45) is 7.05 Å². The standard InChI is InChI=1S/C13H16FN3/c1-3-12(10-4-6-11(14)7-5-10)15-13-8-9-17(2)16-13/h4-9,12H,3H2,1-2H3,(H,15,16). The molecule has 1 unspecified atom stereocenters. The summed E-state index contributed by atoms with van der Waals surface area (Å²) in [6.45, 7) is 2.09. The summed E-state index contributed by atoms with van der Waals surface area (Å²) in [5, 5.41) is 7.60. The van der Waals surface area contributed by atoms with Crippen molar-refractivity contribution in [2.75, 3.05) is 5.32 Å². The highest BCUT2D eigenvalue weighted by Gasteiger charge is 2.10. The van der Waals surface area contributed by atoms with Gasteiger partial charge < -0.3 is 5.32 Å². The molecule has 1 aromatic heterocycles. The molecule has 0 aliphatic rings. The molecule has 0 saturated heterocycles. The fraction of sp³-hybridized carbons (Fsp3) is 0.308. The van der Waals surface area contributed by atoms with Gasteiger partial charge >= 0.3 is 0 Å². The average molecular weight is 233 g/mol. The minimum absolute atomic E-state index is 0.158. The Balaban J connectivity index is 2.13. The van der Waals surface area contributed by atoms with Crippen LogP contribution in [0.2, 0.25) is 0 Å². The zero-order chi connectivity index (χ0) is 12.3. The van der Waals surface area contributed by atoms with Gasteiger partial charge in [0, 0.05) is 19.3 Å². The molecule has 0 amide bonds. The Labute approximate surface area is 100 Å². The van der Waals surface area contributed by atoms with E-state index in [2.05, 4.69) is 17.3 Å². The summed E-state index contributed by atoms with van der Waals surface area (Å²) < 4.78 is 14.6. The van der Waals surface area contributed by atoms with Crippen LogP contribution in [0.1, 0.15) is 24.9 Å². The van der Waals surface area contributed by atoms with Crippen molar-refractivity contribution in [1.29, 1.82) is 0 Å². The summed E-state index contributed by atoms with van der Waals surface area (Å²) in [5.74, 6) is 0.630. The van der Waals surface area contributed by atoms with Gasteiger partial charge in [0.2, 0.25) is 0 Å². The topological polar surface area (TPSA) is 29.9 Å². The van der Waals surface area contributed by atoms with Gasteiger partial charge in [-0.1, -0.05) is 19.1 Å². The number of anilines is 1. The van der Waals surface area contributed by atoms with E-state index in [1.54, 1.807) is 16.8 Å². The molecule has 0 bridgehead atoms. The number of nitrogens with zero attached hydrogens (tertiary/aromatic N) is 2. The molecule has 2 aromatic rings. The highest BCUT2D eigenvalue weighted by molar-refractivity contribution is 5.37. The predicted octanol–water partition coefficient (Wildman–Crippen LogP) is 3.12. The van der Waals surface area contributed by atoms with Crippen LogP contribution in [0.25, 0.3) is 0 Å². The third-order valence-electron chi connectivity index (χ3n) is 2.72. The van der Waals surface area contributed by atoms with Crippen molar-refractivity contribution in [2.45, 2.75) is 19.4 Å². The number of benzene rings is 1. The third kappa shape index (κ3) is 2.84. The first kappa shape index (κ1) is 11.6. The van der Waals surface area contributed by atoms with Crippen LogP contribution >= 0.6 is 0 Å². The van der Waals surface area contributed by atoms with E-state index in [1.807, 2.05) is 19.3 Å². The summed E-state index contributed by atoms with van der Waals surface area (Å²) in [7, 11) is 1.88. The van der Waals surface area contributed by atoms with Crippen molar-refractivity contribution in [3.8, 4) is 0 Å². The number of hydrogen-bond acceptors (Lipinski definition) is 2. The smallest absolute Gasteiger partial charge is 0.148 e. The van der Waals surface area contributed by atoms with Crippen LogP contribution in [-0.4, -0.2) is 9.78 Å². The van der Waals surface area contributed by atoms with Gasteiger partial charge in [-0.2, -0.15) is 5.10 Å². The highest BCUT2D eigenvalue weighted by Crippen LogP contribution is 2.21. The van der Waals surface area contributed by atoms with Gasteiger partial charge in [0.15, 0.2) is 0 Å². The monoisotopic (exact) mass is 233 g/mol. The van der Waals surface area contributed by atoms with Gasteiger partial charge in [-0.3, -0.25) is 4.68 Å².